The van der Waals surface area contributed by atoms with Crippen LogP contribution >= 0.6 is 0 Å². The Morgan fingerprint density at radius 2 is 2.05 bits per heavy atom. The third-order valence-corrected chi connectivity index (χ3v) is 3.88. The van der Waals surface area contributed by atoms with Gasteiger partial charge in [-0.15, -0.1) is 0 Å². The van der Waals surface area contributed by atoms with Crippen molar-refractivity contribution in [3.63, 3.8) is 0 Å². The third-order valence-electron chi connectivity index (χ3n) is 2.36. The van der Waals surface area contributed by atoms with E-state index in [9.17, 15) is 22.0 Å². The van der Waals surface area contributed by atoms with Crippen molar-refractivity contribution in [1.29, 1.82) is 0 Å². The van der Waals surface area contributed by atoms with Crippen molar-refractivity contribution in [3.8, 4) is 0 Å². The minimum Gasteiger partial charge on any atom is -0.478 e. The van der Waals surface area contributed by atoms with Crippen LogP contribution in [0.1, 0.15) is 17.3 Å². The largest absolute Gasteiger partial charge is 0.478 e. The van der Waals surface area contributed by atoms with E-state index in [2.05, 4.69) is 0 Å². The van der Waals surface area contributed by atoms with Gasteiger partial charge in [-0.1, -0.05) is 0 Å². The number of carboxylic acids is 1. The van der Waals surface area contributed by atoms with Gasteiger partial charge in [0.1, 0.15) is 0 Å². The summed E-state index contributed by atoms with van der Waals surface area (Å²) in [5, 5.41) is 8.74. The van der Waals surface area contributed by atoms with E-state index >= 15 is 0 Å². The molecule has 0 aliphatic carbocycles. The van der Waals surface area contributed by atoms with Crippen LogP contribution in [-0.4, -0.2) is 31.8 Å². The van der Waals surface area contributed by atoms with Gasteiger partial charge in [-0.3, -0.25) is 4.31 Å². The number of nitrogens with zero attached hydrogens (tertiary/aromatic N) is 1. The second-order valence-electron chi connectivity index (χ2n) is 3.55. The smallest absolute Gasteiger partial charge is 0.355 e. The number of nitrogen functional groups attached to an aromatic ring is 1. The Balaban J connectivity index is 3.32. The van der Waals surface area contributed by atoms with Gasteiger partial charge in [-0.2, -0.15) is 8.78 Å². The summed E-state index contributed by atoms with van der Waals surface area (Å²) in [4.78, 5) is 10.7. The molecule has 0 amide bonds. The predicted octanol–water partition coefficient (Wildman–Crippen LogP) is 1.35. The molecule has 0 aliphatic rings. The van der Waals surface area contributed by atoms with E-state index < -0.39 is 21.8 Å². The molecule has 0 bridgehead atoms. The highest BCUT2D eigenvalue weighted by Gasteiger charge is 2.32. The highest BCUT2D eigenvalue weighted by molar-refractivity contribution is 7.93. The van der Waals surface area contributed by atoms with Crippen molar-refractivity contribution in [2.24, 2.45) is 0 Å². The Kier molecular flexibility index (Phi) is 4.30. The second-order valence-corrected chi connectivity index (χ2v) is 5.38. The molecule has 0 spiro atoms. The van der Waals surface area contributed by atoms with Crippen LogP contribution in [0.2, 0.25) is 0 Å². The number of carbonyl (C=O) groups is 1. The van der Waals surface area contributed by atoms with E-state index in [1.807, 2.05) is 0 Å². The monoisotopic (exact) mass is 294 g/mol. The highest BCUT2D eigenvalue weighted by atomic mass is 32.2. The molecule has 0 fully saturated rings. The fourth-order valence-electron chi connectivity index (χ4n) is 1.50. The minimum absolute atomic E-state index is 0.160. The van der Waals surface area contributed by atoms with Crippen LogP contribution < -0.4 is 10.0 Å². The number of benzene rings is 1. The average Bonchev–Trinajstić information content (AvgIpc) is 2.31. The van der Waals surface area contributed by atoms with Gasteiger partial charge in [-0.05, 0) is 25.1 Å². The summed E-state index contributed by atoms with van der Waals surface area (Å²) in [7, 11) is -4.83. The van der Waals surface area contributed by atoms with E-state index in [1.54, 1.807) is 0 Å². The van der Waals surface area contributed by atoms with Crippen LogP contribution in [-0.2, 0) is 10.0 Å². The van der Waals surface area contributed by atoms with Gasteiger partial charge in [0.05, 0.1) is 16.9 Å². The lowest BCUT2D eigenvalue weighted by Gasteiger charge is -2.23. The zero-order chi connectivity index (χ0) is 14.8. The number of sulfonamides is 1. The first kappa shape index (κ1) is 15.2. The van der Waals surface area contributed by atoms with Gasteiger partial charge >= 0.3 is 11.7 Å². The van der Waals surface area contributed by atoms with Crippen molar-refractivity contribution in [3.05, 3.63) is 23.8 Å². The molecule has 0 aliphatic heterocycles. The lowest BCUT2D eigenvalue weighted by molar-refractivity contribution is 0.0697. The standard InChI is InChI=1S/C10H12F2N2O4S/c1-2-14(19(17,18)10(11)12)8-4-3-6(9(15)16)5-7(8)13/h3-5,10H,2,13H2,1H3,(H,15,16). The Labute approximate surface area is 108 Å². The van der Waals surface area contributed by atoms with Crippen LogP contribution in [0.25, 0.3) is 0 Å². The number of rotatable bonds is 5. The summed E-state index contributed by atoms with van der Waals surface area (Å²) in [6.07, 6.45) is 0. The maximum absolute atomic E-state index is 12.5. The van der Waals surface area contributed by atoms with E-state index in [-0.39, 0.29) is 23.5 Å². The molecule has 1 aromatic carbocycles. The van der Waals surface area contributed by atoms with Crippen molar-refractivity contribution >= 4 is 27.4 Å². The fourth-order valence-corrected chi connectivity index (χ4v) is 2.49. The number of halogens is 2. The Morgan fingerprint density at radius 1 is 1.47 bits per heavy atom. The molecule has 9 heteroatoms. The summed E-state index contributed by atoms with van der Waals surface area (Å²) in [6.45, 7) is 1.12. The molecule has 0 atom stereocenters. The van der Waals surface area contributed by atoms with Gasteiger partial charge in [0.2, 0.25) is 0 Å². The second kappa shape index (κ2) is 5.39. The zero-order valence-electron chi connectivity index (χ0n) is 9.88. The summed E-state index contributed by atoms with van der Waals surface area (Å²) in [5.74, 6) is -4.83. The third kappa shape index (κ3) is 2.92. The molecule has 6 nitrogen and oxygen atoms in total. The van der Waals surface area contributed by atoms with Crippen molar-refractivity contribution in [2.45, 2.75) is 12.7 Å². The molecule has 0 saturated carbocycles. The molecule has 0 saturated heterocycles. The van der Waals surface area contributed by atoms with Gasteiger partial charge in [0, 0.05) is 6.54 Å². The SMILES string of the molecule is CCN(c1ccc(C(=O)O)cc1N)S(=O)(=O)C(F)F. The van der Waals surface area contributed by atoms with Crippen LogP contribution in [0.5, 0.6) is 0 Å². The topological polar surface area (TPSA) is 101 Å². The quantitative estimate of drug-likeness (QED) is 0.798. The zero-order valence-corrected chi connectivity index (χ0v) is 10.7. The Bertz CT molecular complexity index is 589. The Morgan fingerprint density at radius 3 is 2.42 bits per heavy atom. The van der Waals surface area contributed by atoms with Crippen LogP contribution in [0.4, 0.5) is 20.2 Å². The molecule has 19 heavy (non-hydrogen) atoms. The maximum Gasteiger partial charge on any atom is 0.355 e. The first-order valence-corrected chi connectivity index (χ1v) is 6.64. The lowest BCUT2D eigenvalue weighted by atomic mass is 10.2. The molecule has 0 heterocycles. The highest BCUT2D eigenvalue weighted by Crippen LogP contribution is 2.28. The van der Waals surface area contributed by atoms with Gasteiger partial charge in [-0.25, -0.2) is 13.2 Å². The van der Waals surface area contributed by atoms with Gasteiger partial charge in [0.25, 0.3) is 10.0 Å². The Hall–Kier alpha value is -1.90. The normalized spacial score (nSPS) is 11.6. The molecular formula is C10H12F2N2O4S. The number of hydrogen-bond acceptors (Lipinski definition) is 4. The average molecular weight is 294 g/mol. The molecule has 106 valence electrons. The molecular weight excluding hydrogens is 282 g/mol. The van der Waals surface area contributed by atoms with E-state index in [0.717, 1.165) is 18.2 Å². The summed E-state index contributed by atoms with van der Waals surface area (Å²) in [6, 6.07) is 3.20. The predicted molar refractivity (Wildman–Crippen MR) is 65.8 cm³/mol. The number of aromatic carboxylic acids is 1. The number of anilines is 2. The molecule has 3 N–H and O–H groups in total. The van der Waals surface area contributed by atoms with E-state index in [4.69, 9.17) is 10.8 Å². The number of nitrogens with two attached hydrogens (primary N) is 1. The molecule has 0 aromatic heterocycles. The number of hydrogen-bond donors (Lipinski definition) is 2. The summed E-state index contributed by atoms with van der Waals surface area (Å²) >= 11 is 0. The molecule has 0 unspecified atom stereocenters. The lowest BCUT2D eigenvalue weighted by Crippen LogP contribution is -2.35. The summed E-state index contributed by atoms with van der Waals surface area (Å²) in [5.41, 5.74) is 4.98. The minimum atomic E-state index is -4.83. The molecule has 0 radical (unpaired) electrons. The van der Waals surface area contributed by atoms with Crippen LogP contribution in [0, 0.1) is 0 Å². The first-order chi connectivity index (χ1) is 8.71. The fraction of sp³-hybridized carbons (Fsp3) is 0.300. The maximum atomic E-state index is 12.5. The first-order valence-electron chi connectivity index (χ1n) is 5.14. The van der Waals surface area contributed by atoms with Crippen molar-refractivity contribution in [2.75, 3.05) is 16.6 Å². The number of alkyl halides is 2. The van der Waals surface area contributed by atoms with Crippen molar-refractivity contribution in [1.82, 2.24) is 0 Å². The van der Waals surface area contributed by atoms with E-state index in [0.29, 0.717) is 4.31 Å². The number of carboxylic acid groups (broad SMARTS) is 1. The molecule has 1 aromatic rings. The summed E-state index contributed by atoms with van der Waals surface area (Å²) < 4.78 is 48.3. The van der Waals surface area contributed by atoms with Crippen LogP contribution in [0.3, 0.4) is 0 Å². The van der Waals surface area contributed by atoms with Crippen molar-refractivity contribution < 1.29 is 27.1 Å². The van der Waals surface area contributed by atoms with Gasteiger partial charge in [0.15, 0.2) is 0 Å². The van der Waals surface area contributed by atoms with Gasteiger partial charge < -0.3 is 10.8 Å². The molecule has 1 rings (SSSR count). The van der Waals surface area contributed by atoms with Crippen LogP contribution in [0.15, 0.2) is 18.2 Å². The van der Waals surface area contributed by atoms with E-state index in [1.165, 1.54) is 6.92 Å².